The molecule has 2 atom stereocenters. The van der Waals surface area contributed by atoms with Crippen LogP contribution in [0, 0.1) is 5.92 Å². The third kappa shape index (κ3) is 2.96. The van der Waals surface area contributed by atoms with Gasteiger partial charge in [0.15, 0.2) is 11.0 Å². The summed E-state index contributed by atoms with van der Waals surface area (Å²) in [6, 6.07) is 2.49. The maximum atomic E-state index is 12.4. The molecule has 2 unspecified atom stereocenters. The van der Waals surface area contributed by atoms with Gasteiger partial charge >= 0.3 is 5.97 Å². The van der Waals surface area contributed by atoms with Crippen molar-refractivity contribution in [2.24, 2.45) is 5.92 Å². The van der Waals surface area contributed by atoms with E-state index in [-0.39, 0.29) is 30.1 Å². The second kappa shape index (κ2) is 6.28. The molecule has 1 aromatic heterocycles. The van der Waals surface area contributed by atoms with Gasteiger partial charge in [0.05, 0.1) is 19.3 Å². The van der Waals surface area contributed by atoms with E-state index in [1.54, 1.807) is 0 Å². The number of amides is 1. The van der Waals surface area contributed by atoms with E-state index >= 15 is 0 Å². The Hall–Kier alpha value is -1.53. The number of nitrogens with zero attached hydrogens (tertiary/aromatic N) is 1. The van der Waals surface area contributed by atoms with Crippen molar-refractivity contribution in [2.45, 2.75) is 19.4 Å². The lowest BCUT2D eigenvalue weighted by molar-refractivity contribution is -0.142. The summed E-state index contributed by atoms with van der Waals surface area (Å²) in [5, 5.41) is 9.32. The van der Waals surface area contributed by atoms with Crippen LogP contribution >= 0.6 is 11.6 Å². The highest BCUT2D eigenvalue weighted by Gasteiger charge is 2.40. The SMILES string of the molecule is CCCN(C(=O)c1ccc(Cl)o1)C1COCC1C(=O)O. The molecule has 0 spiro atoms. The van der Waals surface area contributed by atoms with Crippen molar-refractivity contribution in [3.8, 4) is 0 Å². The first-order chi connectivity index (χ1) is 9.54. The van der Waals surface area contributed by atoms with Gasteiger partial charge in [-0.1, -0.05) is 6.92 Å². The summed E-state index contributed by atoms with van der Waals surface area (Å²) in [5.74, 6) is -1.92. The number of furan rings is 1. The van der Waals surface area contributed by atoms with Gasteiger partial charge in [-0.3, -0.25) is 9.59 Å². The highest BCUT2D eigenvalue weighted by Crippen LogP contribution is 2.23. The fourth-order valence-corrected chi connectivity index (χ4v) is 2.46. The molecule has 1 N–H and O–H groups in total. The molecule has 1 amide bonds. The van der Waals surface area contributed by atoms with Crippen LogP contribution in [-0.2, 0) is 9.53 Å². The van der Waals surface area contributed by atoms with Crippen LogP contribution in [0.4, 0.5) is 0 Å². The largest absolute Gasteiger partial charge is 0.481 e. The minimum atomic E-state index is -0.959. The molecule has 20 heavy (non-hydrogen) atoms. The lowest BCUT2D eigenvalue weighted by Gasteiger charge is -2.29. The summed E-state index contributed by atoms with van der Waals surface area (Å²) in [4.78, 5) is 25.2. The third-order valence-electron chi connectivity index (χ3n) is 3.28. The smallest absolute Gasteiger partial charge is 0.311 e. The number of hydrogen-bond donors (Lipinski definition) is 1. The normalized spacial score (nSPS) is 21.9. The average Bonchev–Trinajstić information content (AvgIpc) is 3.03. The minimum absolute atomic E-state index is 0.111. The minimum Gasteiger partial charge on any atom is -0.481 e. The Morgan fingerprint density at radius 2 is 2.20 bits per heavy atom. The molecule has 6 nitrogen and oxygen atoms in total. The summed E-state index contributed by atoms with van der Waals surface area (Å²) in [6.07, 6.45) is 0.711. The Morgan fingerprint density at radius 1 is 1.45 bits per heavy atom. The lowest BCUT2D eigenvalue weighted by Crippen LogP contribution is -2.46. The van der Waals surface area contributed by atoms with Gasteiger partial charge in [-0.05, 0) is 30.2 Å². The second-order valence-corrected chi connectivity index (χ2v) is 5.02. The van der Waals surface area contributed by atoms with Crippen molar-refractivity contribution >= 4 is 23.5 Å². The number of carboxylic acids is 1. The molecule has 2 heterocycles. The molecule has 0 radical (unpaired) electrons. The summed E-state index contributed by atoms with van der Waals surface area (Å²) in [7, 11) is 0. The number of ether oxygens (including phenoxy) is 1. The van der Waals surface area contributed by atoms with Crippen LogP contribution in [0.1, 0.15) is 23.9 Å². The molecule has 1 saturated heterocycles. The topological polar surface area (TPSA) is 80.0 Å². The van der Waals surface area contributed by atoms with Crippen molar-refractivity contribution in [3.05, 3.63) is 23.1 Å². The molecule has 0 bridgehead atoms. The van der Waals surface area contributed by atoms with Crippen LogP contribution in [0.25, 0.3) is 0 Å². The van der Waals surface area contributed by atoms with E-state index < -0.39 is 17.9 Å². The number of halogens is 1. The molecule has 0 aromatic carbocycles. The highest BCUT2D eigenvalue weighted by molar-refractivity contribution is 6.29. The van der Waals surface area contributed by atoms with Gasteiger partial charge in [0, 0.05) is 6.54 Å². The van der Waals surface area contributed by atoms with E-state index in [0.717, 1.165) is 0 Å². The molecular formula is C13H16ClNO5. The first-order valence-electron chi connectivity index (χ1n) is 6.41. The summed E-state index contributed by atoms with van der Waals surface area (Å²) < 4.78 is 10.3. The van der Waals surface area contributed by atoms with Crippen LogP contribution < -0.4 is 0 Å². The maximum Gasteiger partial charge on any atom is 0.311 e. The fourth-order valence-electron chi connectivity index (χ4n) is 2.32. The predicted molar refractivity (Wildman–Crippen MR) is 70.8 cm³/mol. The zero-order chi connectivity index (χ0) is 14.7. The van der Waals surface area contributed by atoms with E-state index in [0.29, 0.717) is 13.0 Å². The zero-order valence-corrected chi connectivity index (χ0v) is 11.8. The quantitative estimate of drug-likeness (QED) is 0.898. The molecule has 0 saturated carbocycles. The molecule has 110 valence electrons. The Labute approximate surface area is 121 Å². The number of hydrogen-bond acceptors (Lipinski definition) is 4. The van der Waals surface area contributed by atoms with E-state index in [1.807, 2.05) is 6.92 Å². The van der Waals surface area contributed by atoms with Crippen molar-refractivity contribution in [2.75, 3.05) is 19.8 Å². The molecular weight excluding hydrogens is 286 g/mol. The number of carbonyl (C=O) groups excluding carboxylic acids is 1. The summed E-state index contributed by atoms with van der Waals surface area (Å²) >= 11 is 5.67. The Kier molecular flexibility index (Phi) is 4.67. The van der Waals surface area contributed by atoms with Gasteiger partial charge in [0.25, 0.3) is 5.91 Å². The van der Waals surface area contributed by atoms with Crippen LogP contribution in [0.5, 0.6) is 0 Å². The maximum absolute atomic E-state index is 12.4. The molecule has 7 heteroatoms. The molecule has 0 aliphatic carbocycles. The molecule has 1 aliphatic rings. The second-order valence-electron chi connectivity index (χ2n) is 4.65. The number of rotatable bonds is 5. The monoisotopic (exact) mass is 301 g/mol. The van der Waals surface area contributed by atoms with Gasteiger partial charge in [-0.25, -0.2) is 0 Å². The highest BCUT2D eigenvalue weighted by atomic mass is 35.5. The van der Waals surface area contributed by atoms with Crippen molar-refractivity contribution < 1.29 is 23.8 Å². The number of carbonyl (C=O) groups is 2. The van der Waals surface area contributed by atoms with Crippen LogP contribution in [0.2, 0.25) is 5.22 Å². The van der Waals surface area contributed by atoms with E-state index in [1.165, 1.54) is 17.0 Å². The van der Waals surface area contributed by atoms with Crippen LogP contribution in [0.3, 0.4) is 0 Å². The van der Waals surface area contributed by atoms with Crippen molar-refractivity contribution in [1.29, 1.82) is 0 Å². The van der Waals surface area contributed by atoms with Gasteiger partial charge in [-0.2, -0.15) is 0 Å². The average molecular weight is 302 g/mol. The predicted octanol–water partition coefficient (Wildman–Crippen LogP) is 1.88. The molecule has 2 rings (SSSR count). The molecule has 1 aromatic rings. The number of carboxylic acid groups (broad SMARTS) is 1. The summed E-state index contributed by atoms with van der Waals surface area (Å²) in [6.45, 7) is 2.69. The van der Waals surface area contributed by atoms with Gasteiger partial charge < -0.3 is 19.2 Å². The van der Waals surface area contributed by atoms with Crippen LogP contribution in [-0.4, -0.2) is 47.7 Å². The lowest BCUT2D eigenvalue weighted by atomic mass is 10.0. The first-order valence-corrected chi connectivity index (χ1v) is 6.79. The third-order valence-corrected chi connectivity index (χ3v) is 3.48. The zero-order valence-electron chi connectivity index (χ0n) is 11.0. The van der Waals surface area contributed by atoms with Gasteiger partial charge in [0.2, 0.25) is 0 Å². The van der Waals surface area contributed by atoms with Gasteiger partial charge in [0.1, 0.15) is 5.92 Å². The van der Waals surface area contributed by atoms with Crippen molar-refractivity contribution in [3.63, 3.8) is 0 Å². The Morgan fingerprint density at radius 3 is 2.75 bits per heavy atom. The van der Waals surface area contributed by atoms with Crippen LogP contribution in [0.15, 0.2) is 16.5 Å². The van der Waals surface area contributed by atoms with Crippen molar-refractivity contribution in [1.82, 2.24) is 4.90 Å². The Bertz CT molecular complexity index is 501. The first kappa shape index (κ1) is 14.9. The van der Waals surface area contributed by atoms with E-state index in [9.17, 15) is 14.7 Å². The standard InChI is InChI=1S/C13H16ClNO5/c1-2-5-15(9-7-19-6-8(9)13(17)18)12(16)10-3-4-11(14)20-10/h3-4,8-9H,2,5-7H2,1H3,(H,17,18). The molecule has 1 aliphatic heterocycles. The van der Waals surface area contributed by atoms with E-state index in [2.05, 4.69) is 0 Å². The Balaban J connectivity index is 2.22. The fraction of sp³-hybridized carbons (Fsp3) is 0.538. The summed E-state index contributed by atoms with van der Waals surface area (Å²) in [5.41, 5.74) is 0. The number of aliphatic carboxylic acids is 1. The molecule has 1 fully saturated rings. The van der Waals surface area contributed by atoms with Gasteiger partial charge in [-0.15, -0.1) is 0 Å². The van der Waals surface area contributed by atoms with E-state index in [4.69, 9.17) is 20.8 Å².